The molecule has 1 aliphatic heterocycles. The summed E-state index contributed by atoms with van der Waals surface area (Å²) in [6.45, 7) is 1.61. The Morgan fingerprint density at radius 3 is 3.13 bits per heavy atom. The molecule has 2 heterocycles. The van der Waals surface area contributed by atoms with E-state index in [1.807, 2.05) is 7.05 Å². The number of ether oxygens (including phenoxy) is 1. The lowest BCUT2D eigenvalue weighted by atomic mass is 10.0. The average Bonchev–Trinajstić information content (AvgIpc) is 2.31. The van der Waals surface area contributed by atoms with Gasteiger partial charge in [-0.05, 0) is 28.8 Å². The van der Waals surface area contributed by atoms with Crippen molar-refractivity contribution in [3.05, 3.63) is 16.5 Å². The Hall–Kier alpha value is -0.680. The van der Waals surface area contributed by atoms with Gasteiger partial charge in [0.15, 0.2) is 0 Å². The van der Waals surface area contributed by atoms with Crippen molar-refractivity contribution in [2.75, 3.05) is 25.6 Å². The molecule has 1 aromatic heterocycles. The van der Waals surface area contributed by atoms with E-state index in [0.29, 0.717) is 5.92 Å². The van der Waals surface area contributed by atoms with Crippen LogP contribution in [0.3, 0.4) is 0 Å². The lowest BCUT2D eigenvalue weighted by Crippen LogP contribution is -2.18. The second kappa shape index (κ2) is 4.90. The fourth-order valence-corrected chi connectivity index (χ4v) is 2.09. The smallest absolute Gasteiger partial charge is 0.143 e. The third-order valence-electron chi connectivity index (χ3n) is 2.52. The summed E-state index contributed by atoms with van der Waals surface area (Å²) in [4.78, 5) is 8.80. The van der Waals surface area contributed by atoms with Crippen molar-refractivity contribution in [3.8, 4) is 0 Å². The maximum atomic E-state index is 5.43. The van der Waals surface area contributed by atoms with Gasteiger partial charge in [-0.2, -0.15) is 0 Å². The molecular formula is C10H14BrN3O. The number of anilines is 1. The summed E-state index contributed by atoms with van der Waals surface area (Å²) in [6.07, 6.45) is 4.01. The maximum Gasteiger partial charge on any atom is 0.143 e. The van der Waals surface area contributed by atoms with E-state index in [4.69, 9.17) is 4.74 Å². The molecule has 4 nitrogen and oxygen atoms in total. The molecular weight excluding hydrogens is 258 g/mol. The monoisotopic (exact) mass is 271 g/mol. The SMILES string of the molecule is CNc1nc(C2CCCOC2)ncc1Br. The molecule has 0 bridgehead atoms. The summed E-state index contributed by atoms with van der Waals surface area (Å²) in [5.41, 5.74) is 0. The number of nitrogens with one attached hydrogen (secondary N) is 1. The number of nitrogens with zero attached hydrogens (tertiary/aromatic N) is 2. The van der Waals surface area contributed by atoms with Crippen molar-refractivity contribution in [1.82, 2.24) is 9.97 Å². The van der Waals surface area contributed by atoms with Crippen LogP contribution in [-0.4, -0.2) is 30.2 Å². The van der Waals surface area contributed by atoms with Crippen LogP contribution in [0.1, 0.15) is 24.6 Å². The first kappa shape index (κ1) is 10.8. The predicted molar refractivity (Wildman–Crippen MR) is 62.1 cm³/mol. The second-order valence-corrected chi connectivity index (χ2v) is 4.44. The molecule has 0 amide bonds. The van der Waals surface area contributed by atoms with E-state index in [0.717, 1.165) is 42.2 Å². The van der Waals surface area contributed by atoms with Gasteiger partial charge in [0, 0.05) is 25.8 Å². The Morgan fingerprint density at radius 2 is 2.47 bits per heavy atom. The Kier molecular flexibility index (Phi) is 3.53. The largest absolute Gasteiger partial charge is 0.381 e. The Labute approximate surface area is 97.6 Å². The van der Waals surface area contributed by atoms with Gasteiger partial charge in [0.05, 0.1) is 11.1 Å². The van der Waals surface area contributed by atoms with Crippen LogP contribution >= 0.6 is 15.9 Å². The Bertz CT molecular complexity index is 339. The van der Waals surface area contributed by atoms with Crippen molar-refractivity contribution in [1.29, 1.82) is 0 Å². The summed E-state index contributed by atoms with van der Waals surface area (Å²) >= 11 is 3.40. The van der Waals surface area contributed by atoms with E-state index in [2.05, 4.69) is 31.2 Å². The molecule has 1 fully saturated rings. The van der Waals surface area contributed by atoms with Gasteiger partial charge in [-0.15, -0.1) is 0 Å². The van der Waals surface area contributed by atoms with E-state index in [-0.39, 0.29) is 0 Å². The molecule has 1 saturated heterocycles. The number of hydrogen-bond donors (Lipinski definition) is 1. The normalized spacial score (nSPS) is 21.3. The van der Waals surface area contributed by atoms with E-state index in [1.54, 1.807) is 6.20 Å². The van der Waals surface area contributed by atoms with Gasteiger partial charge >= 0.3 is 0 Å². The van der Waals surface area contributed by atoms with Gasteiger partial charge < -0.3 is 10.1 Å². The third kappa shape index (κ3) is 2.46. The molecule has 5 heteroatoms. The van der Waals surface area contributed by atoms with Crippen molar-refractivity contribution < 1.29 is 4.74 Å². The van der Waals surface area contributed by atoms with Gasteiger partial charge in [0.2, 0.25) is 0 Å². The van der Waals surface area contributed by atoms with Crippen LogP contribution in [0.4, 0.5) is 5.82 Å². The van der Waals surface area contributed by atoms with Crippen LogP contribution < -0.4 is 5.32 Å². The van der Waals surface area contributed by atoms with Crippen LogP contribution in [-0.2, 0) is 4.74 Å². The van der Waals surface area contributed by atoms with Crippen molar-refractivity contribution in [2.24, 2.45) is 0 Å². The predicted octanol–water partition coefficient (Wildman–Crippen LogP) is 2.17. The molecule has 1 N–H and O–H groups in total. The van der Waals surface area contributed by atoms with Gasteiger partial charge in [0.1, 0.15) is 11.6 Å². The molecule has 0 spiro atoms. The minimum atomic E-state index is 0.346. The third-order valence-corrected chi connectivity index (χ3v) is 3.11. The molecule has 0 radical (unpaired) electrons. The fraction of sp³-hybridized carbons (Fsp3) is 0.600. The van der Waals surface area contributed by atoms with Crippen molar-refractivity contribution in [2.45, 2.75) is 18.8 Å². The van der Waals surface area contributed by atoms with E-state index in [1.165, 1.54) is 0 Å². The highest BCUT2D eigenvalue weighted by molar-refractivity contribution is 9.10. The van der Waals surface area contributed by atoms with E-state index < -0.39 is 0 Å². The molecule has 2 rings (SSSR count). The van der Waals surface area contributed by atoms with Crippen LogP contribution in [0.2, 0.25) is 0 Å². The summed E-state index contributed by atoms with van der Waals surface area (Å²) in [6, 6.07) is 0. The van der Waals surface area contributed by atoms with Gasteiger partial charge in [-0.25, -0.2) is 9.97 Å². The zero-order valence-electron chi connectivity index (χ0n) is 8.66. The molecule has 1 unspecified atom stereocenters. The summed E-state index contributed by atoms with van der Waals surface area (Å²) < 4.78 is 6.32. The standard InChI is InChI=1S/C10H14BrN3O/c1-12-10-8(11)5-13-9(14-10)7-3-2-4-15-6-7/h5,7H,2-4,6H2,1H3,(H,12,13,14). The molecule has 0 aromatic carbocycles. The van der Waals surface area contributed by atoms with Crippen molar-refractivity contribution in [3.63, 3.8) is 0 Å². The van der Waals surface area contributed by atoms with Gasteiger partial charge in [-0.3, -0.25) is 0 Å². The van der Waals surface area contributed by atoms with Crippen LogP contribution in [0.5, 0.6) is 0 Å². The Balaban J connectivity index is 2.20. The summed E-state index contributed by atoms with van der Waals surface area (Å²) in [5, 5.41) is 3.04. The van der Waals surface area contributed by atoms with Crippen molar-refractivity contribution >= 4 is 21.7 Å². The minimum absolute atomic E-state index is 0.346. The zero-order valence-corrected chi connectivity index (χ0v) is 10.2. The number of rotatable bonds is 2. The van der Waals surface area contributed by atoms with Crippen LogP contribution in [0.15, 0.2) is 10.7 Å². The van der Waals surface area contributed by atoms with Crippen LogP contribution in [0, 0.1) is 0 Å². The number of aromatic nitrogens is 2. The summed E-state index contributed by atoms with van der Waals surface area (Å²) in [5.74, 6) is 2.06. The zero-order chi connectivity index (χ0) is 10.7. The molecule has 82 valence electrons. The minimum Gasteiger partial charge on any atom is -0.381 e. The lowest BCUT2D eigenvalue weighted by Gasteiger charge is -2.21. The molecule has 0 saturated carbocycles. The highest BCUT2D eigenvalue weighted by Gasteiger charge is 2.19. The van der Waals surface area contributed by atoms with Gasteiger partial charge in [-0.1, -0.05) is 0 Å². The first-order valence-corrected chi connectivity index (χ1v) is 5.88. The summed E-state index contributed by atoms with van der Waals surface area (Å²) in [7, 11) is 1.86. The van der Waals surface area contributed by atoms with Gasteiger partial charge in [0.25, 0.3) is 0 Å². The highest BCUT2D eigenvalue weighted by Crippen LogP contribution is 2.25. The average molecular weight is 272 g/mol. The first-order valence-electron chi connectivity index (χ1n) is 5.09. The number of halogens is 1. The molecule has 1 aromatic rings. The maximum absolute atomic E-state index is 5.43. The second-order valence-electron chi connectivity index (χ2n) is 3.59. The quantitative estimate of drug-likeness (QED) is 0.896. The molecule has 1 aliphatic rings. The van der Waals surface area contributed by atoms with E-state index >= 15 is 0 Å². The topological polar surface area (TPSA) is 47.0 Å². The molecule has 1 atom stereocenters. The van der Waals surface area contributed by atoms with E-state index in [9.17, 15) is 0 Å². The highest BCUT2D eigenvalue weighted by atomic mass is 79.9. The number of hydrogen-bond acceptors (Lipinski definition) is 4. The first-order chi connectivity index (χ1) is 7.31. The lowest BCUT2D eigenvalue weighted by molar-refractivity contribution is 0.0781. The van der Waals surface area contributed by atoms with Crippen LogP contribution in [0.25, 0.3) is 0 Å². The fourth-order valence-electron chi connectivity index (χ4n) is 1.70. The molecule has 0 aliphatic carbocycles. The Morgan fingerprint density at radius 1 is 1.60 bits per heavy atom. The molecule has 15 heavy (non-hydrogen) atoms.